The first-order valence-corrected chi connectivity index (χ1v) is 7.36. The minimum atomic E-state index is -0.354. The van der Waals surface area contributed by atoms with E-state index in [9.17, 15) is 4.79 Å². The molecular weight excluding hydrogens is 334 g/mol. The Bertz CT molecular complexity index is 481. The summed E-state index contributed by atoms with van der Waals surface area (Å²) in [5.41, 5.74) is 0.645. The predicted molar refractivity (Wildman–Crippen MR) is 78.2 cm³/mol. The summed E-state index contributed by atoms with van der Waals surface area (Å²) >= 11 is 9.40. The first kappa shape index (κ1) is 14.5. The maximum absolute atomic E-state index is 12.0. The highest BCUT2D eigenvalue weighted by molar-refractivity contribution is 9.10. The fraction of sp³-hybridized carbons (Fsp3) is 0.462. The first-order valence-electron chi connectivity index (χ1n) is 6.19. The highest BCUT2D eigenvalue weighted by Crippen LogP contribution is 2.40. The van der Waals surface area contributed by atoms with E-state index in [4.69, 9.17) is 21.1 Å². The molecule has 1 aliphatic heterocycles. The average molecular weight is 349 g/mol. The van der Waals surface area contributed by atoms with E-state index in [1.807, 2.05) is 0 Å². The largest absolute Gasteiger partial charge is 0.488 e. The van der Waals surface area contributed by atoms with E-state index in [-0.39, 0.29) is 6.09 Å². The van der Waals surface area contributed by atoms with Crippen molar-refractivity contribution >= 4 is 39.3 Å². The standard InChI is InChI=1S/C13H15BrClNO3/c1-2-3-5-19-13(17)16-4-6-18-12-10(14)7-9(15)8-11(12)16/h7-8H,2-6H2,1H3. The zero-order chi connectivity index (χ0) is 13.8. The number of hydrogen-bond donors (Lipinski definition) is 0. The molecule has 4 nitrogen and oxygen atoms in total. The molecule has 6 heteroatoms. The Kier molecular flexibility index (Phi) is 4.93. The van der Waals surface area contributed by atoms with E-state index in [1.54, 1.807) is 17.0 Å². The van der Waals surface area contributed by atoms with E-state index in [2.05, 4.69) is 22.9 Å². The lowest BCUT2D eigenvalue weighted by Crippen LogP contribution is -2.38. The highest BCUT2D eigenvalue weighted by Gasteiger charge is 2.27. The number of anilines is 1. The van der Waals surface area contributed by atoms with Gasteiger partial charge < -0.3 is 9.47 Å². The lowest BCUT2D eigenvalue weighted by Gasteiger charge is -2.29. The van der Waals surface area contributed by atoms with E-state index >= 15 is 0 Å². The summed E-state index contributed by atoms with van der Waals surface area (Å²) in [6, 6.07) is 3.45. The minimum Gasteiger partial charge on any atom is -0.488 e. The monoisotopic (exact) mass is 347 g/mol. The molecule has 0 aromatic heterocycles. The molecule has 2 rings (SSSR count). The van der Waals surface area contributed by atoms with Crippen LogP contribution in [0.25, 0.3) is 0 Å². The van der Waals surface area contributed by atoms with Gasteiger partial charge in [0.25, 0.3) is 0 Å². The van der Waals surface area contributed by atoms with Crippen LogP contribution in [-0.2, 0) is 4.74 Å². The number of carbonyl (C=O) groups is 1. The fourth-order valence-corrected chi connectivity index (χ4v) is 2.73. The molecule has 0 bridgehead atoms. The Morgan fingerprint density at radius 2 is 2.37 bits per heavy atom. The Balaban J connectivity index is 2.19. The molecule has 0 N–H and O–H groups in total. The number of amides is 1. The number of nitrogens with zero attached hydrogens (tertiary/aromatic N) is 1. The molecule has 0 unspecified atom stereocenters. The number of hydrogen-bond acceptors (Lipinski definition) is 3. The third-order valence-corrected chi connectivity index (χ3v) is 3.59. The highest BCUT2D eigenvalue weighted by atomic mass is 79.9. The number of rotatable bonds is 3. The van der Waals surface area contributed by atoms with Gasteiger partial charge in [0.1, 0.15) is 6.61 Å². The maximum atomic E-state index is 12.0. The lowest BCUT2D eigenvalue weighted by molar-refractivity contribution is 0.148. The van der Waals surface area contributed by atoms with Crippen molar-refractivity contribution in [2.24, 2.45) is 0 Å². The molecular formula is C13H15BrClNO3. The summed E-state index contributed by atoms with van der Waals surface area (Å²) in [6.45, 7) is 3.39. The Labute approximate surface area is 125 Å². The number of halogens is 2. The topological polar surface area (TPSA) is 38.8 Å². The summed E-state index contributed by atoms with van der Waals surface area (Å²) in [4.78, 5) is 13.6. The van der Waals surface area contributed by atoms with Crippen LogP contribution in [0.1, 0.15) is 19.8 Å². The van der Waals surface area contributed by atoms with Gasteiger partial charge in [-0.15, -0.1) is 0 Å². The van der Waals surface area contributed by atoms with Crippen LogP contribution >= 0.6 is 27.5 Å². The summed E-state index contributed by atoms with van der Waals surface area (Å²) in [7, 11) is 0. The number of benzene rings is 1. The van der Waals surface area contributed by atoms with E-state index in [0.29, 0.717) is 36.2 Å². The second kappa shape index (κ2) is 6.48. The van der Waals surface area contributed by atoms with Gasteiger partial charge in [-0.1, -0.05) is 24.9 Å². The quantitative estimate of drug-likeness (QED) is 0.767. The van der Waals surface area contributed by atoms with Crippen LogP contribution < -0.4 is 9.64 Å². The van der Waals surface area contributed by atoms with Gasteiger partial charge in [0.15, 0.2) is 5.75 Å². The SMILES string of the molecule is CCCCOC(=O)N1CCOc2c(Br)cc(Cl)cc21. The summed E-state index contributed by atoms with van der Waals surface area (Å²) < 4.78 is 11.5. The van der Waals surface area contributed by atoms with Gasteiger partial charge in [-0.2, -0.15) is 0 Å². The van der Waals surface area contributed by atoms with Gasteiger partial charge in [0.05, 0.1) is 23.3 Å². The molecule has 0 spiro atoms. The van der Waals surface area contributed by atoms with Gasteiger partial charge in [0.2, 0.25) is 0 Å². The Hall–Kier alpha value is -0.940. The van der Waals surface area contributed by atoms with E-state index in [0.717, 1.165) is 17.3 Å². The van der Waals surface area contributed by atoms with Crippen molar-refractivity contribution in [1.82, 2.24) is 0 Å². The number of unbranched alkanes of at least 4 members (excludes halogenated alkanes) is 1. The summed E-state index contributed by atoms with van der Waals surface area (Å²) in [6.07, 6.45) is 1.50. The van der Waals surface area contributed by atoms with Crippen molar-refractivity contribution in [3.05, 3.63) is 21.6 Å². The Morgan fingerprint density at radius 3 is 3.11 bits per heavy atom. The molecule has 1 amide bonds. The predicted octanol–water partition coefficient (Wildman–Crippen LogP) is 4.24. The third kappa shape index (κ3) is 3.34. The van der Waals surface area contributed by atoms with Crippen molar-refractivity contribution in [1.29, 1.82) is 0 Å². The van der Waals surface area contributed by atoms with Crippen LogP contribution in [-0.4, -0.2) is 25.9 Å². The van der Waals surface area contributed by atoms with Crippen LogP contribution in [0.4, 0.5) is 10.5 Å². The number of ether oxygens (including phenoxy) is 2. The zero-order valence-corrected chi connectivity index (χ0v) is 13.0. The molecule has 0 fully saturated rings. The second-order valence-corrected chi connectivity index (χ2v) is 5.49. The van der Waals surface area contributed by atoms with Crippen molar-refractivity contribution in [3.8, 4) is 5.75 Å². The van der Waals surface area contributed by atoms with Crippen LogP contribution in [0.15, 0.2) is 16.6 Å². The van der Waals surface area contributed by atoms with Gasteiger partial charge in [0, 0.05) is 5.02 Å². The molecule has 1 aliphatic rings. The molecule has 0 radical (unpaired) electrons. The summed E-state index contributed by atoms with van der Waals surface area (Å²) in [5, 5.41) is 0.544. The lowest BCUT2D eigenvalue weighted by atomic mass is 10.2. The van der Waals surface area contributed by atoms with Crippen LogP contribution in [0.2, 0.25) is 5.02 Å². The smallest absolute Gasteiger partial charge is 0.414 e. The van der Waals surface area contributed by atoms with Gasteiger partial charge in [-0.3, -0.25) is 4.90 Å². The van der Waals surface area contributed by atoms with E-state index in [1.165, 1.54) is 0 Å². The molecule has 1 aromatic rings. The molecule has 104 valence electrons. The molecule has 1 heterocycles. The normalized spacial score (nSPS) is 13.7. The van der Waals surface area contributed by atoms with Crippen molar-refractivity contribution < 1.29 is 14.3 Å². The Morgan fingerprint density at radius 1 is 1.58 bits per heavy atom. The van der Waals surface area contributed by atoms with Gasteiger partial charge in [-0.25, -0.2) is 4.79 Å². The zero-order valence-electron chi connectivity index (χ0n) is 10.6. The molecule has 19 heavy (non-hydrogen) atoms. The van der Waals surface area contributed by atoms with Gasteiger partial charge in [-0.05, 0) is 34.5 Å². The molecule has 0 saturated heterocycles. The van der Waals surface area contributed by atoms with Crippen molar-refractivity contribution in [2.45, 2.75) is 19.8 Å². The molecule has 1 aromatic carbocycles. The minimum absolute atomic E-state index is 0.354. The maximum Gasteiger partial charge on any atom is 0.414 e. The van der Waals surface area contributed by atoms with Crippen LogP contribution in [0, 0.1) is 0 Å². The third-order valence-electron chi connectivity index (χ3n) is 2.78. The van der Waals surface area contributed by atoms with Crippen LogP contribution in [0.3, 0.4) is 0 Å². The first-order chi connectivity index (χ1) is 9.13. The van der Waals surface area contributed by atoms with Crippen molar-refractivity contribution in [3.63, 3.8) is 0 Å². The second-order valence-electron chi connectivity index (χ2n) is 4.20. The van der Waals surface area contributed by atoms with Gasteiger partial charge >= 0.3 is 6.09 Å². The average Bonchev–Trinajstić information content (AvgIpc) is 2.38. The fourth-order valence-electron chi connectivity index (χ4n) is 1.82. The van der Waals surface area contributed by atoms with E-state index < -0.39 is 0 Å². The molecule has 0 saturated carbocycles. The number of fused-ring (bicyclic) bond motifs is 1. The number of carbonyl (C=O) groups excluding carboxylic acids is 1. The van der Waals surface area contributed by atoms with Crippen LogP contribution in [0.5, 0.6) is 5.75 Å². The molecule has 0 atom stereocenters. The summed E-state index contributed by atoms with van der Waals surface area (Å²) in [5.74, 6) is 0.628. The van der Waals surface area contributed by atoms with Crippen molar-refractivity contribution in [2.75, 3.05) is 24.7 Å². The molecule has 0 aliphatic carbocycles.